The van der Waals surface area contributed by atoms with Crippen molar-refractivity contribution in [2.24, 2.45) is 0 Å². The molecule has 8 nitrogen and oxygen atoms in total. The first-order valence-electron chi connectivity index (χ1n) is 9.63. The summed E-state index contributed by atoms with van der Waals surface area (Å²) in [7, 11) is -11.4. The Bertz CT molecular complexity index is 1220. The standard InChI is InChI=1S/C20H25NO7S3/c1-29(22,23)19-13-20(15-21(14-19)17-5-3-2-4-6-17)31(27,28)18-9-7-16(8-10-18)11-12-30(24,25)26/h2-10,19-20H,11-15H2,1H3,(H,24,25,26)/t19-,20+/m1/s1. The highest BCUT2D eigenvalue weighted by Gasteiger charge is 2.40. The highest BCUT2D eigenvalue weighted by Crippen LogP contribution is 2.30. The van der Waals surface area contributed by atoms with Gasteiger partial charge in [-0.05, 0) is 42.7 Å². The third-order valence-electron chi connectivity index (χ3n) is 5.44. The van der Waals surface area contributed by atoms with Gasteiger partial charge in [-0.3, -0.25) is 4.55 Å². The van der Waals surface area contributed by atoms with E-state index in [1.807, 2.05) is 30.3 Å². The Labute approximate surface area is 183 Å². The number of nitrogens with zero attached hydrogens (tertiary/aromatic N) is 1. The van der Waals surface area contributed by atoms with Gasteiger partial charge in [-0.2, -0.15) is 8.42 Å². The molecule has 1 saturated heterocycles. The summed E-state index contributed by atoms with van der Waals surface area (Å²) in [6.45, 7) is 0.395. The molecule has 170 valence electrons. The molecule has 31 heavy (non-hydrogen) atoms. The number of aryl methyl sites for hydroxylation is 1. The fraction of sp³-hybridized carbons (Fsp3) is 0.400. The largest absolute Gasteiger partial charge is 0.369 e. The van der Waals surface area contributed by atoms with E-state index < -0.39 is 46.0 Å². The Hall–Kier alpha value is -1.95. The van der Waals surface area contributed by atoms with Crippen LogP contribution in [0.15, 0.2) is 59.5 Å². The Kier molecular flexibility index (Phi) is 6.80. The van der Waals surface area contributed by atoms with Crippen LogP contribution in [-0.2, 0) is 36.2 Å². The SMILES string of the molecule is CS(=O)(=O)[C@@H]1C[C@H](S(=O)(=O)c2ccc(CCS(=O)(=O)O)cc2)CN(c2ccccc2)C1. The molecule has 0 spiro atoms. The first-order chi connectivity index (χ1) is 14.4. The van der Waals surface area contributed by atoms with E-state index in [1.54, 1.807) is 4.90 Å². The van der Waals surface area contributed by atoms with Crippen molar-refractivity contribution in [2.75, 3.05) is 30.0 Å². The molecule has 0 radical (unpaired) electrons. The maximum atomic E-state index is 13.3. The number of benzene rings is 2. The van der Waals surface area contributed by atoms with Crippen molar-refractivity contribution in [3.05, 3.63) is 60.2 Å². The molecule has 0 aromatic heterocycles. The summed E-state index contributed by atoms with van der Waals surface area (Å²) in [6, 6.07) is 14.9. The van der Waals surface area contributed by atoms with Gasteiger partial charge >= 0.3 is 0 Å². The summed E-state index contributed by atoms with van der Waals surface area (Å²) in [5.74, 6) is -0.455. The third kappa shape index (κ3) is 6.06. The van der Waals surface area contributed by atoms with Gasteiger partial charge in [-0.1, -0.05) is 30.3 Å². The molecule has 2 aromatic carbocycles. The van der Waals surface area contributed by atoms with E-state index in [0.29, 0.717) is 5.56 Å². The predicted octanol–water partition coefficient (Wildman–Crippen LogP) is 1.58. The van der Waals surface area contributed by atoms with Gasteiger partial charge in [0.15, 0.2) is 19.7 Å². The lowest BCUT2D eigenvalue weighted by molar-refractivity contribution is 0.482. The molecule has 1 fully saturated rings. The highest BCUT2D eigenvalue weighted by molar-refractivity contribution is 7.92. The summed E-state index contributed by atoms with van der Waals surface area (Å²) in [6.07, 6.45) is 1.19. The molecule has 2 aromatic rings. The van der Waals surface area contributed by atoms with Crippen LogP contribution in [0.1, 0.15) is 12.0 Å². The van der Waals surface area contributed by atoms with E-state index in [-0.39, 0.29) is 30.8 Å². The zero-order valence-corrected chi connectivity index (χ0v) is 19.4. The van der Waals surface area contributed by atoms with Gasteiger partial charge in [-0.15, -0.1) is 0 Å². The number of rotatable bonds is 7. The quantitative estimate of drug-likeness (QED) is 0.584. The van der Waals surface area contributed by atoms with Crippen LogP contribution >= 0.6 is 0 Å². The van der Waals surface area contributed by atoms with Crippen LogP contribution in [0.3, 0.4) is 0 Å². The molecule has 0 amide bonds. The van der Waals surface area contributed by atoms with Crippen LogP contribution in [0.2, 0.25) is 0 Å². The lowest BCUT2D eigenvalue weighted by atomic mass is 10.1. The van der Waals surface area contributed by atoms with Crippen molar-refractivity contribution >= 4 is 35.5 Å². The molecule has 0 unspecified atom stereocenters. The molecule has 3 rings (SSSR count). The van der Waals surface area contributed by atoms with Crippen molar-refractivity contribution in [3.8, 4) is 0 Å². The second-order valence-corrected chi connectivity index (χ2v) is 13.9. The third-order valence-corrected chi connectivity index (χ3v) is 9.86. The average Bonchev–Trinajstić information content (AvgIpc) is 2.72. The summed E-state index contributed by atoms with van der Waals surface area (Å²) >= 11 is 0. The van der Waals surface area contributed by atoms with Gasteiger partial charge in [-0.25, -0.2) is 16.8 Å². The Morgan fingerprint density at radius 1 is 0.871 bits per heavy atom. The minimum Gasteiger partial charge on any atom is -0.369 e. The highest BCUT2D eigenvalue weighted by atomic mass is 32.2. The maximum absolute atomic E-state index is 13.3. The molecule has 1 heterocycles. The van der Waals surface area contributed by atoms with Crippen LogP contribution in [0.25, 0.3) is 0 Å². The number of para-hydroxylation sites is 1. The maximum Gasteiger partial charge on any atom is 0.265 e. The van der Waals surface area contributed by atoms with E-state index >= 15 is 0 Å². The minimum atomic E-state index is -4.11. The number of hydrogen-bond acceptors (Lipinski definition) is 7. The Morgan fingerprint density at radius 3 is 2.00 bits per heavy atom. The molecule has 11 heteroatoms. The lowest BCUT2D eigenvalue weighted by Crippen LogP contribution is -2.51. The van der Waals surface area contributed by atoms with E-state index in [2.05, 4.69) is 0 Å². The van der Waals surface area contributed by atoms with Crippen molar-refractivity contribution in [1.29, 1.82) is 0 Å². The fourth-order valence-electron chi connectivity index (χ4n) is 3.68. The van der Waals surface area contributed by atoms with Crippen molar-refractivity contribution in [1.82, 2.24) is 0 Å². The number of sulfone groups is 2. The predicted molar refractivity (Wildman–Crippen MR) is 119 cm³/mol. The number of piperidine rings is 1. The molecule has 1 aliphatic heterocycles. The number of anilines is 1. The zero-order valence-electron chi connectivity index (χ0n) is 17.0. The van der Waals surface area contributed by atoms with Gasteiger partial charge in [0.2, 0.25) is 0 Å². The summed E-state index contributed by atoms with van der Waals surface area (Å²) in [5.41, 5.74) is 1.33. The molecule has 1 N–H and O–H groups in total. The van der Waals surface area contributed by atoms with Crippen LogP contribution in [0, 0.1) is 0 Å². The number of hydrogen-bond donors (Lipinski definition) is 1. The van der Waals surface area contributed by atoms with E-state index in [4.69, 9.17) is 4.55 Å². The summed E-state index contributed by atoms with van der Waals surface area (Å²) in [5, 5.41) is -1.72. The second-order valence-electron chi connectivity index (χ2n) is 7.77. The van der Waals surface area contributed by atoms with Gasteiger partial charge in [0.1, 0.15) is 0 Å². The molecule has 0 bridgehead atoms. The van der Waals surface area contributed by atoms with Gasteiger partial charge in [0.05, 0.1) is 21.1 Å². The van der Waals surface area contributed by atoms with Crippen molar-refractivity contribution < 1.29 is 29.8 Å². The van der Waals surface area contributed by atoms with E-state index in [1.165, 1.54) is 24.3 Å². The summed E-state index contributed by atoms with van der Waals surface area (Å²) in [4.78, 5) is 1.84. The average molecular weight is 488 g/mol. The topological polar surface area (TPSA) is 126 Å². The van der Waals surface area contributed by atoms with Crippen LogP contribution in [-0.4, -0.2) is 65.4 Å². The van der Waals surface area contributed by atoms with Crippen molar-refractivity contribution in [3.63, 3.8) is 0 Å². The molecule has 1 aliphatic rings. The molecule has 0 aliphatic carbocycles. The normalized spacial score (nSPS) is 20.5. The molecular formula is C20H25NO7S3. The molecular weight excluding hydrogens is 462 g/mol. The fourth-order valence-corrected chi connectivity index (χ4v) is 7.09. The lowest BCUT2D eigenvalue weighted by Gasteiger charge is -2.38. The van der Waals surface area contributed by atoms with E-state index in [0.717, 1.165) is 11.9 Å². The smallest absolute Gasteiger partial charge is 0.265 e. The van der Waals surface area contributed by atoms with Gasteiger partial charge in [0, 0.05) is 25.0 Å². The first-order valence-corrected chi connectivity index (χ1v) is 14.7. The second kappa shape index (κ2) is 8.89. The van der Waals surface area contributed by atoms with E-state index in [9.17, 15) is 25.3 Å². The Balaban J connectivity index is 1.87. The van der Waals surface area contributed by atoms with Crippen LogP contribution in [0.5, 0.6) is 0 Å². The van der Waals surface area contributed by atoms with Crippen molar-refractivity contribution in [2.45, 2.75) is 28.2 Å². The first kappa shape index (κ1) is 23.7. The monoisotopic (exact) mass is 487 g/mol. The van der Waals surface area contributed by atoms with Gasteiger partial charge < -0.3 is 4.90 Å². The Morgan fingerprint density at radius 2 is 1.45 bits per heavy atom. The molecule has 0 saturated carbocycles. The summed E-state index contributed by atoms with van der Waals surface area (Å²) < 4.78 is 81.8. The molecule has 2 atom stereocenters. The zero-order chi connectivity index (χ0) is 22.9. The van der Waals surface area contributed by atoms with Gasteiger partial charge in [0.25, 0.3) is 10.1 Å². The van der Waals surface area contributed by atoms with Crippen LogP contribution in [0.4, 0.5) is 5.69 Å². The minimum absolute atomic E-state index is 0.00894. The van der Waals surface area contributed by atoms with Crippen LogP contribution < -0.4 is 4.90 Å².